The van der Waals surface area contributed by atoms with Gasteiger partial charge in [-0.2, -0.15) is 5.21 Å². The number of amides is 1. The van der Waals surface area contributed by atoms with Crippen LogP contribution in [0.2, 0.25) is 5.02 Å². The first-order valence-electron chi connectivity index (χ1n) is 7.55. The summed E-state index contributed by atoms with van der Waals surface area (Å²) in [6.07, 6.45) is 3.76. The Hall–Kier alpha value is -2.67. The summed E-state index contributed by atoms with van der Waals surface area (Å²) >= 11 is 6.32. The van der Waals surface area contributed by atoms with Crippen LogP contribution in [0, 0.1) is 6.92 Å². The average molecular weight is 344 g/mol. The second-order valence-corrected chi connectivity index (χ2v) is 6.26. The molecule has 0 aliphatic heterocycles. The molecule has 1 saturated carbocycles. The number of rotatable bonds is 4. The minimum Gasteiger partial charge on any atom is -0.460 e. The highest BCUT2D eigenvalue weighted by Crippen LogP contribution is 2.43. The Morgan fingerprint density at radius 2 is 2.21 bits per heavy atom. The summed E-state index contributed by atoms with van der Waals surface area (Å²) in [5, 5.41) is 16.8. The van der Waals surface area contributed by atoms with E-state index in [-0.39, 0.29) is 11.7 Å². The minimum absolute atomic E-state index is 0.289. The van der Waals surface area contributed by atoms with Crippen LogP contribution in [-0.4, -0.2) is 26.5 Å². The standard InChI is InChI=1S/C16H14ClN5O2/c1-8-4-13(12(17)6-11(8)9-2-3-9)18-16(23)10-5-14(24-7-10)15-19-21-22-20-15/h4-7,9H,2-3H2,1H3,(H,18,23)(H,19,20,21,22). The van der Waals surface area contributed by atoms with Crippen molar-refractivity contribution in [2.75, 3.05) is 5.32 Å². The molecule has 1 fully saturated rings. The number of H-pyrrole nitrogens is 1. The lowest BCUT2D eigenvalue weighted by atomic mass is 10.0. The molecule has 24 heavy (non-hydrogen) atoms. The van der Waals surface area contributed by atoms with E-state index in [4.69, 9.17) is 16.0 Å². The van der Waals surface area contributed by atoms with E-state index in [9.17, 15) is 4.79 Å². The van der Waals surface area contributed by atoms with Gasteiger partial charge in [0.1, 0.15) is 6.26 Å². The Morgan fingerprint density at radius 1 is 1.38 bits per heavy atom. The molecule has 122 valence electrons. The summed E-state index contributed by atoms with van der Waals surface area (Å²) in [5.74, 6) is 0.949. The Kier molecular flexibility index (Phi) is 3.57. The molecule has 1 aliphatic rings. The zero-order chi connectivity index (χ0) is 16.7. The maximum Gasteiger partial charge on any atom is 0.258 e. The monoisotopic (exact) mass is 343 g/mol. The number of carbonyl (C=O) groups is 1. The lowest BCUT2D eigenvalue weighted by molar-refractivity contribution is 0.102. The van der Waals surface area contributed by atoms with Gasteiger partial charge in [-0.05, 0) is 54.2 Å². The van der Waals surface area contributed by atoms with E-state index < -0.39 is 0 Å². The summed E-state index contributed by atoms with van der Waals surface area (Å²) in [7, 11) is 0. The maximum absolute atomic E-state index is 12.4. The number of aromatic amines is 1. The van der Waals surface area contributed by atoms with Crippen molar-refractivity contribution in [3.8, 4) is 11.6 Å². The quantitative estimate of drug-likeness (QED) is 0.755. The van der Waals surface area contributed by atoms with Crippen LogP contribution < -0.4 is 5.32 Å². The second-order valence-electron chi connectivity index (χ2n) is 5.85. The molecule has 0 atom stereocenters. The van der Waals surface area contributed by atoms with E-state index >= 15 is 0 Å². The van der Waals surface area contributed by atoms with Gasteiger partial charge in [0.15, 0.2) is 5.76 Å². The number of anilines is 1. The smallest absolute Gasteiger partial charge is 0.258 e. The summed E-state index contributed by atoms with van der Waals surface area (Å²) < 4.78 is 5.30. The first-order valence-corrected chi connectivity index (χ1v) is 7.93. The molecule has 0 saturated heterocycles. The molecular weight excluding hydrogens is 330 g/mol. The SMILES string of the molecule is Cc1cc(NC(=O)c2coc(-c3nn[nH]n3)c2)c(Cl)cc1C1CC1. The van der Waals surface area contributed by atoms with Crippen LogP contribution >= 0.6 is 11.6 Å². The molecule has 1 amide bonds. The van der Waals surface area contributed by atoms with Gasteiger partial charge < -0.3 is 9.73 Å². The summed E-state index contributed by atoms with van der Waals surface area (Å²) in [6, 6.07) is 5.41. The Bertz CT molecular complexity index is 899. The van der Waals surface area contributed by atoms with Gasteiger partial charge in [0.25, 0.3) is 5.91 Å². The molecule has 0 spiro atoms. The highest BCUT2D eigenvalue weighted by Gasteiger charge is 2.26. The number of hydrogen-bond donors (Lipinski definition) is 2. The number of aromatic nitrogens is 4. The van der Waals surface area contributed by atoms with E-state index in [1.165, 1.54) is 24.7 Å². The molecule has 8 heteroatoms. The van der Waals surface area contributed by atoms with Crippen molar-refractivity contribution < 1.29 is 9.21 Å². The zero-order valence-corrected chi connectivity index (χ0v) is 13.6. The fourth-order valence-corrected chi connectivity index (χ4v) is 2.88. The molecule has 1 aliphatic carbocycles. The molecule has 7 nitrogen and oxygen atoms in total. The van der Waals surface area contributed by atoms with Crippen molar-refractivity contribution >= 4 is 23.2 Å². The molecule has 0 bridgehead atoms. The number of nitrogens with zero attached hydrogens (tertiary/aromatic N) is 3. The van der Waals surface area contributed by atoms with E-state index in [1.807, 2.05) is 19.1 Å². The first kappa shape index (κ1) is 14.9. The summed E-state index contributed by atoms with van der Waals surface area (Å²) in [4.78, 5) is 12.4. The normalized spacial score (nSPS) is 13.9. The fraction of sp³-hybridized carbons (Fsp3) is 0.250. The number of hydrogen-bond acceptors (Lipinski definition) is 5. The van der Waals surface area contributed by atoms with Crippen LogP contribution in [0.4, 0.5) is 5.69 Å². The second kappa shape index (κ2) is 5.76. The highest BCUT2D eigenvalue weighted by molar-refractivity contribution is 6.34. The average Bonchev–Trinajstić information content (AvgIpc) is 3.06. The van der Waals surface area contributed by atoms with Crippen molar-refractivity contribution in [3.63, 3.8) is 0 Å². The molecule has 2 heterocycles. The molecule has 4 rings (SSSR count). The van der Waals surface area contributed by atoms with Crippen LogP contribution in [0.1, 0.15) is 40.2 Å². The van der Waals surface area contributed by atoms with Gasteiger partial charge in [0, 0.05) is 6.07 Å². The molecule has 3 aromatic rings. The van der Waals surface area contributed by atoms with E-state index in [0.29, 0.717) is 28.0 Å². The lowest BCUT2D eigenvalue weighted by Crippen LogP contribution is -2.11. The van der Waals surface area contributed by atoms with E-state index in [0.717, 1.165) is 5.56 Å². The first-order chi connectivity index (χ1) is 11.6. The largest absolute Gasteiger partial charge is 0.460 e. The summed E-state index contributed by atoms with van der Waals surface area (Å²) in [6.45, 7) is 2.03. The van der Waals surface area contributed by atoms with Crippen molar-refractivity contribution in [2.24, 2.45) is 0 Å². The van der Waals surface area contributed by atoms with Gasteiger partial charge in [-0.25, -0.2) is 0 Å². The van der Waals surface area contributed by atoms with Crippen molar-refractivity contribution in [1.82, 2.24) is 20.6 Å². The molecule has 0 radical (unpaired) electrons. The van der Waals surface area contributed by atoms with Crippen molar-refractivity contribution in [2.45, 2.75) is 25.7 Å². The highest BCUT2D eigenvalue weighted by atomic mass is 35.5. The van der Waals surface area contributed by atoms with Crippen molar-refractivity contribution in [1.29, 1.82) is 0 Å². The van der Waals surface area contributed by atoms with Crippen LogP contribution in [-0.2, 0) is 0 Å². The Labute approximate surface area is 142 Å². The minimum atomic E-state index is -0.311. The van der Waals surface area contributed by atoms with Gasteiger partial charge in [-0.1, -0.05) is 11.6 Å². The number of aryl methyl sites for hydroxylation is 1. The Balaban J connectivity index is 1.55. The zero-order valence-electron chi connectivity index (χ0n) is 12.8. The fourth-order valence-electron chi connectivity index (χ4n) is 2.66. The van der Waals surface area contributed by atoms with Crippen LogP contribution in [0.25, 0.3) is 11.6 Å². The van der Waals surface area contributed by atoms with Crippen LogP contribution in [0.5, 0.6) is 0 Å². The number of nitrogens with one attached hydrogen (secondary N) is 2. The summed E-state index contributed by atoms with van der Waals surface area (Å²) in [5.41, 5.74) is 3.35. The van der Waals surface area contributed by atoms with E-state index in [1.54, 1.807) is 6.07 Å². The number of tetrazole rings is 1. The molecule has 2 N–H and O–H groups in total. The Morgan fingerprint density at radius 3 is 2.92 bits per heavy atom. The van der Waals surface area contributed by atoms with Gasteiger partial charge in [0.2, 0.25) is 5.82 Å². The molecule has 1 aromatic carbocycles. The molecule has 2 aromatic heterocycles. The van der Waals surface area contributed by atoms with Gasteiger partial charge in [-0.3, -0.25) is 4.79 Å². The third kappa shape index (κ3) is 2.78. The van der Waals surface area contributed by atoms with E-state index in [2.05, 4.69) is 25.9 Å². The lowest BCUT2D eigenvalue weighted by Gasteiger charge is -2.11. The predicted molar refractivity (Wildman–Crippen MR) is 88.0 cm³/mol. The number of benzene rings is 1. The van der Waals surface area contributed by atoms with Gasteiger partial charge in [-0.15, -0.1) is 10.2 Å². The third-order valence-electron chi connectivity index (χ3n) is 4.05. The molecular formula is C16H14ClN5O2. The number of carbonyl (C=O) groups excluding carboxylic acids is 1. The van der Waals surface area contributed by atoms with Crippen molar-refractivity contribution in [3.05, 3.63) is 46.2 Å². The van der Waals surface area contributed by atoms with Gasteiger partial charge >= 0.3 is 0 Å². The van der Waals surface area contributed by atoms with Crippen LogP contribution in [0.15, 0.2) is 28.9 Å². The van der Waals surface area contributed by atoms with Gasteiger partial charge in [0.05, 0.1) is 16.3 Å². The molecule has 0 unspecified atom stereocenters. The number of halogens is 1. The maximum atomic E-state index is 12.4. The predicted octanol–water partition coefficient (Wildman–Crippen LogP) is 3.55. The topological polar surface area (TPSA) is 96.7 Å². The number of furan rings is 1. The third-order valence-corrected chi connectivity index (χ3v) is 4.36. The van der Waals surface area contributed by atoms with Crippen LogP contribution in [0.3, 0.4) is 0 Å².